The molecule has 0 fully saturated rings. The maximum absolute atomic E-state index is 4.82. The third-order valence-corrected chi connectivity index (χ3v) is 6.88. The summed E-state index contributed by atoms with van der Waals surface area (Å²) in [6, 6.07) is 13.2. The molecule has 2 heterocycles. The van der Waals surface area contributed by atoms with Gasteiger partial charge in [-0.1, -0.05) is 30.8 Å². The highest BCUT2D eigenvalue weighted by molar-refractivity contribution is 8.03. The Morgan fingerprint density at radius 1 is 1.07 bits per heavy atom. The van der Waals surface area contributed by atoms with Gasteiger partial charge in [0.2, 0.25) is 0 Å². The molecular weight excluding hydrogens is 368 g/mol. The summed E-state index contributed by atoms with van der Waals surface area (Å²) in [5.74, 6) is 0. The predicted molar refractivity (Wildman–Crippen MR) is 121 cm³/mol. The minimum atomic E-state index is 0.979. The zero-order valence-corrected chi connectivity index (χ0v) is 17.9. The van der Waals surface area contributed by atoms with Gasteiger partial charge in [-0.15, -0.1) is 11.3 Å². The number of fused-ring (bicyclic) bond motifs is 2. The quantitative estimate of drug-likeness (QED) is 0.468. The maximum Gasteiger partial charge on any atom is 0.117 e. The van der Waals surface area contributed by atoms with Crippen molar-refractivity contribution in [3.63, 3.8) is 0 Å². The third-order valence-electron chi connectivity index (χ3n) is 4.79. The van der Waals surface area contributed by atoms with E-state index < -0.39 is 0 Å². The van der Waals surface area contributed by atoms with Crippen LogP contribution in [0.1, 0.15) is 36.4 Å². The molecule has 0 radical (unpaired) electrons. The molecule has 0 unspecified atom stereocenters. The van der Waals surface area contributed by atoms with Crippen LogP contribution in [0.3, 0.4) is 0 Å². The Morgan fingerprint density at radius 3 is 2.63 bits per heavy atom. The molecule has 4 heteroatoms. The van der Waals surface area contributed by atoms with Gasteiger partial charge in [0.1, 0.15) is 5.01 Å². The van der Waals surface area contributed by atoms with Crippen LogP contribution < -0.4 is 4.90 Å². The van der Waals surface area contributed by atoms with Crippen molar-refractivity contribution < 1.29 is 0 Å². The molecule has 1 aliphatic heterocycles. The lowest BCUT2D eigenvalue weighted by molar-refractivity contribution is 0.996. The lowest BCUT2D eigenvalue weighted by Gasteiger charge is -2.18. The fraction of sp³-hybridized carbons (Fsp3) is 0.261. The molecule has 2 nitrogen and oxygen atoms in total. The summed E-state index contributed by atoms with van der Waals surface area (Å²) in [5, 5.41) is 2.40. The highest BCUT2D eigenvalue weighted by Crippen LogP contribution is 2.46. The molecule has 0 saturated heterocycles. The first-order valence-corrected chi connectivity index (χ1v) is 11.1. The van der Waals surface area contributed by atoms with Gasteiger partial charge in [-0.25, -0.2) is 4.98 Å². The van der Waals surface area contributed by atoms with Gasteiger partial charge >= 0.3 is 0 Å². The molecule has 0 N–H and O–H groups in total. The van der Waals surface area contributed by atoms with Crippen molar-refractivity contribution in [2.75, 3.05) is 11.4 Å². The summed E-state index contributed by atoms with van der Waals surface area (Å²) in [7, 11) is 0. The van der Waals surface area contributed by atoms with Crippen molar-refractivity contribution in [1.82, 2.24) is 4.98 Å². The van der Waals surface area contributed by atoms with E-state index in [1.807, 2.05) is 11.8 Å². The van der Waals surface area contributed by atoms with Crippen LogP contribution in [-0.2, 0) is 0 Å². The molecule has 0 saturated carbocycles. The second-order valence-corrected chi connectivity index (χ2v) is 9.02. The SMILES string of the molecule is CCC(=Cc1nc2cc(C)ccc2s1)C=C1Sc2ccc(C)cc2N1CC. The maximum atomic E-state index is 4.82. The first-order chi connectivity index (χ1) is 13.1. The van der Waals surface area contributed by atoms with E-state index in [1.54, 1.807) is 11.3 Å². The number of aromatic nitrogens is 1. The van der Waals surface area contributed by atoms with Crippen LogP contribution in [0.25, 0.3) is 16.3 Å². The normalized spacial score (nSPS) is 15.8. The van der Waals surface area contributed by atoms with Crippen molar-refractivity contribution in [1.29, 1.82) is 0 Å². The van der Waals surface area contributed by atoms with Gasteiger partial charge in [0, 0.05) is 11.4 Å². The second kappa shape index (κ2) is 7.53. The minimum absolute atomic E-state index is 0.979. The number of benzene rings is 2. The zero-order valence-electron chi connectivity index (χ0n) is 16.2. The first kappa shape index (κ1) is 18.3. The number of hydrogen-bond donors (Lipinski definition) is 0. The monoisotopic (exact) mass is 392 g/mol. The van der Waals surface area contributed by atoms with Crippen LogP contribution >= 0.6 is 23.1 Å². The predicted octanol–water partition coefficient (Wildman–Crippen LogP) is 7.18. The van der Waals surface area contributed by atoms with Gasteiger partial charge in [0.25, 0.3) is 0 Å². The van der Waals surface area contributed by atoms with Crippen LogP contribution in [0.15, 0.2) is 58.0 Å². The highest BCUT2D eigenvalue weighted by atomic mass is 32.2. The molecule has 1 aliphatic rings. The average molecular weight is 393 g/mol. The number of nitrogens with zero attached hydrogens (tertiary/aromatic N) is 2. The van der Waals surface area contributed by atoms with E-state index in [2.05, 4.69) is 81.1 Å². The van der Waals surface area contributed by atoms with Gasteiger partial charge in [0.15, 0.2) is 0 Å². The topological polar surface area (TPSA) is 16.1 Å². The number of hydrogen-bond acceptors (Lipinski definition) is 4. The standard InChI is InChI=1S/C23H24N2S2/c1-5-17(13-22-24-18-11-15(3)7-9-20(18)26-22)14-23-25(6-2)19-12-16(4)8-10-21(19)27-23/h7-14H,5-6H2,1-4H3. The van der Waals surface area contributed by atoms with Crippen molar-refractivity contribution in [3.05, 3.63) is 69.2 Å². The van der Waals surface area contributed by atoms with E-state index in [9.17, 15) is 0 Å². The van der Waals surface area contributed by atoms with Crippen molar-refractivity contribution in [2.24, 2.45) is 0 Å². The summed E-state index contributed by atoms with van der Waals surface area (Å²) in [6.07, 6.45) is 5.57. The van der Waals surface area contributed by atoms with E-state index >= 15 is 0 Å². The fourth-order valence-electron chi connectivity index (χ4n) is 3.32. The average Bonchev–Trinajstić information content (AvgIpc) is 3.20. The Morgan fingerprint density at radius 2 is 1.85 bits per heavy atom. The van der Waals surface area contributed by atoms with Crippen molar-refractivity contribution >= 4 is 45.1 Å². The number of allylic oxidation sites excluding steroid dienone is 2. The van der Waals surface area contributed by atoms with Gasteiger partial charge in [-0.3, -0.25) is 0 Å². The molecule has 0 atom stereocenters. The molecule has 0 amide bonds. The molecule has 4 rings (SSSR count). The number of rotatable bonds is 4. The van der Waals surface area contributed by atoms with Gasteiger partial charge in [0.05, 0.1) is 20.9 Å². The summed E-state index contributed by atoms with van der Waals surface area (Å²) in [5.41, 5.74) is 6.32. The first-order valence-electron chi connectivity index (χ1n) is 9.43. The number of anilines is 1. The van der Waals surface area contributed by atoms with Gasteiger partial charge < -0.3 is 4.90 Å². The Bertz CT molecular complexity index is 1060. The van der Waals surface area contributed by atoms with Gasteiger partial charge in [-0.05, 0) is 80.3 Å². The Balaban J connectivity index is 1.68. The largest absolute Gasteiger partial charge is 0.335 e. The molecule has 0 bridgehead atoms. The van der Waals surface area contributed by atoms with E-state index in [0.29, 0.717) is 0 Å². The van der Waals surface area contributed by atoms with Crippen molar-refractivity contribution in [2.45, 2.75) is 39.0 Å². The van der Waals surface area contributed by atoms with E-state index in [1.165, 1.54) is 37.0 Å². The lowest BCUT2D eigenvalue weighted by atomic mass is 10.2. The van der Waals surface area contributed by atoms with Crippen molar-refractivity contribution in [3.8, 4) is 0 Å². The molecular formula is C23H24N2S2. The third kappa shape index (κ3) is 3.69. The van der Waals surface area contributed by atoms with Crippen LogP contribution in [0.5, 0.6) is 0 Å². The number of aryl methyl sites for hydroxylation is 2. The molecule has 138 valence electrons. The number of thiazole rings is 1. The Labute approximate surface area is 169 Å². The Hall–Kier alpha value is -2.04. The molecule has 0 spiro atoms. The van der Waals surface area contributed by atoms with E-state index in [-0.39, 0.29) is 0 Å². The fourth-order valence-corrected chi connectivity index (χ4v) is 5.43. The smallest absolute Gasteiger partial charge is 0.117 e. The van der Waals surface area contributed by atoms with Crippen LogP contribution in [0.2, 0.25) is 0 Å². The molecule has 0 aliphatic carbocycles. The summed E-state index contributed by atoms with van der Waals surface area (Å²) >= 11 is 3.63. The highest BCUT2D eigenvalue weighted by Gasteiger charge is 2.23. The summed E-state index contributed by atoms with van der Waals surface area (Å²) < 4.78 is 1.25. The number of thioether (sulfide) groups is 1. The second-order valence-electron chi connectivity index (χ2n) is 6.90. The van der Waals surface area contributed by atoms with E-state index in [0.717, 1.165) is 23.5 Å². The zero-order chi connectivity index (χ0) is 19.0. The van der Waals surface area contributed by atoms with Crippen LogP contribution in [0.4, 0.5) is 5.69 Å². The molecule has 2 aromatic carbocycles. The van der Waals surface area contributed by atoms with Crippen LogP contribution in [-0.4, -0.2) is 11.5 Å². The minimum Gasteiger partial charge on any atom is -0.335 e. The lowest BCUT2D eigenvalue weighted by Crippen LogP contribution is -2.16. The van der Waals surface area contributed by atoms with E-state index in [4.69, 9.17) is 4.98 Å². The Kier molecular flexibility index (Phi) is 5.11. The van der Waals surface area contributed by atoms with Crippen LogP contribution in [0, 0.1) is 13.8 Å². The summed E-state index contributed by atoms with van der Waals surface area (Å²) in [4.78, 5) is 8.58. The molecule has 1 aromatic heterocycles. The summed E-state index contributed by atoms with van der Waals surface area (Å²) in [6.45, 7) is 9.69. The molecule has 3 aromatic rings. The van der Waals surface area contributed by atoms with Gasteiger partial charge in [-0.2, -0.15) is 0 Å². The molecule has 27 heavy (non-hydrogen) atoms.